The van der Waals surface area contributed by atoms with Gasteiger partial charge in [0.2, 0.25) is 0 Å². The highest BCUT2D eigenvalue weighted by Crippen LogP contribution is 2.31. The molecule has 3 heteroatoms. The molecular formula is C15H13BrFN. The molecule has 0 spiro atoms. The van der Waals surface area contributed by atoms with E-state index in [0.29, 0.717) is 5.33 Å². The summed E-state index contributed by atoms with van der Waals surface area (Å²) in [5, 5.41) is 0.674. The number of anilines is 1. The average molecular weight is 306 g/mol. The van der Waals surface area contributed by atoms with E-state index in [0.717, 1.165) is 24.3 Å². The molecule has 2 aromatic rings. The first-order valence-corrected chi connectivity index (χ1v) is 7.06. The number of nitrogens with zero attached hydrogens (tertiary/aromatic N) is 1. The van der Waals surface area contributed by atoms with Crippen LogP contribution in [-0.4, -0.2) is 0 Å². The van der Waals surface area contributed by atoms with Crippen molar-refractivity contribution in [2.45, 2.75) is 18.4 Å². The Hall–Kier alpha value is -1.35. The third-order valence-corrected chi connectivity index (χ3v) is 3.97. The van der Waals surface area contributed by atoms with Crippen LogP contribution >= 0.6 is 15.9 Å². The molecule has 2 aromatic carbocycles. The van der Waals surface area contributed by atoms with E-state index in [1.165, 1.54) is 17.2 Å². The van der Waals surface area contributed by atoms with E-state index in [4.69, 9.17) is 0 Å². The number of hydrogen-bond acceptors (Lipinski definition) is 1. The molecule has 1 nitrogen and oxygen atoms in total. The lowest BCUT2D eigenvalue weighted by molar-refractivity contribution is 0.626. The van der Waals surface area contributed by atoms with Crippen molar-refractivity contribution in [1.29, 1.82) is 0 Å². The van der Waals surface area contributed by atoms with Crippen molar-refractivity contribution < 1.29 is 4.39 Å². The Labute approximate surface area is 114 Å². The van der Waals surface area contributed by atoms with Gasteiger partial charge in [-0.3, -0.25) is 0 Å². The van der Waals surface area contributed by atoms with E-state index >= 15 is 0 Å². The third kappa shape index (κ3) is 2.03. The van der Waals surface area contributed by atoms with Gasteiger partial charge in [0.15, 0.2) is 0 Å². The van der Waals surface area contributed by atoms with Crippen molar-refractivity contribution in [3.63, 3.8) is 0 Å². The maximum absolute atomic E-state index is 13.2. The van der Waals surface area contributed by atoms with E-state index in [1.54, 1.807) is 6.07 Å². The average Bonchev–Trinajstić information content (AvgIpc) is 2.82. The normalized spacial score (nSPS) is 13.8. The zero-order valence-corrected chi connectivity index (χ0v) is 11.5. The van der Waals surface area contributed by atoms with Gasteiger partial charge >= 0.3 is 0 Å². The maximum atomic E-state index is 13.2. The van der Waals surface area contributed by atoms with Crippen LogP contribution in [0.1, 0.15) is 16.7 Å². The second kappa shape index (κ2) is 4.73. The highest BCUT2D eigenvalue weighted by Gasteiger charge is 2.20. The van der Waals surface area contributed by atoms with E-state index in [-0.39, 0.29) is 5.82 Å². The first kappa shape index (κ1) is 11.7. The molecule has 0 fully saturated rings. The first-order chi connectivity index (χ1) is 8.78. The van der Waals surface area contributed by atoms with Gasteiger partial charge in [0.05, 0.1) is 0 Å². The van der Waals surface area contributed by atoms with Gasteiger partial charge in [0.25, 0.3) is 0 Å². The summed E-state index contributed by atoms with van der Waals surface area (Å²) in [5.41, 5.74) is 4.84. The number of benzene rings is 2. The summed E-state index contributed by atoms with van der Waals surface area (Å²) in [6.07, 6.45) is 0. The molecule has 92 valence electrons. The Morgan fingerprint density at radius 1 is 1.06 bits per heavy atom. The fourth-order valence-corrected chi connectivity index (χ4v) is 2.92. The van der Waals surface area contributed by atoms with Crippen LogP contribution in [0.4, 0.5) is 10.1 Å². The summed E-state index contributed by atoms with van der Waals surface area (Å²) in [4.78, 5) is 2.29. The van der Waals surface area contributed by atoms with Crippen LogP contribution in [0.25, 0.3) is 0 Å². The molecule has 0 aliphatic carbocycles. The largest absolute Gasteiger partial charge is 0.363 e. The fraction of sp³-hybridized carbons (Fsp3) is 0.200. The molecule has 0 aromatic heterocycles. The number of alkyl halides is 1. The Kier molecular flexibility index (Phi) is 3.08. The summed E-state index contributed by atoms with van der Waals surface area (Å²) < 4.78 is 13.2. The van der Waals surface area contributed by atoms with Crippen molar-refractivity contribution in [2.24, 2.45) is 0 Å². The van der Waals surface area contributed by atoms with Gasteiger partial charge in [-0.05, 0) is 34.9 Å². The molecule has 0 bridgehead atoms. The van der Waals surface area contributed by atoms with Gasteiger partial charge in [0, 0.05) is 24.1 Å². The van der Waals surface area contributed by atoms with Gasteiger partial charge in [-0.1, -0.05) is 40.2 Å². The Bertz CT molecular complexity index is 557. The quantitative estimate of drug-likeness (QED) is 0.750. The number of halogens is 2. The molecule has 0 atom stereocenters. The van der Waals surface area contributed by atoms with Gasteiger partial charge in [-0.15, -0.1) is 0 Å². The highest BCUT2D eigenvalue weighted by atomic mass is 79.9. The standard InChI is InChI=1S/C15H13BrFN/c16-8-13-7-14(17)5-6-15(13)18-9-11-3-1-2-4-12(11)10-18/h1-7H,8-10H2. The number of rotatable bonds is 2. The van der Waals surface area contributed by atoms with Crippen LogP contribution in [0.5, 0.6) is 0 Å². The third-order valence-electron chi connectivity index (χ3n) is 3.37. The van der Waals surface area contributed by atoms with Gasteiger partial charge in [0.1, 0.15) is 5.82 Å². The molecule has 0 saturated heterocycles. The Balaban J connectivity index is 1.95. The number of fused-ring (bicyclic) bond motifs is 1. The van der Waals surface area contributed by atoms with E-state index in [9.17, 15) is 4.39 Å². The predicted molar refractivity (Wildman–Crippen MR) is 75.4 cm³/mol. The van der Waals surface area contributed by atoms with Gasteiger partial charge < -0.3 is 4.90 Å². The highest BCUT2D eigenvalue weighted by molar-refractivity contribution is 9.08. The topological polar surface area (TPSA) is 3.24 Å². The second-order valence-electron chi connectivity index (χ2n) is 4.53. The van der Waals surface area contributed by atoms with Crippen LogP contribution < -0.4 is 4.90 Å². The molecule has 18 heavy (non-hydrogen) atoms. The summed E-state index contributed by atoms with van der Waals surface area (Å²) in [6, 6.07) is 13.5. The van der Waals surface area contributed by atoms with Gasteiger partial charge in [-0.2, -0.15) is 0 Å². The van der Waals surface area contributed by atoms with Crippen molar-refractivity contribution in [2.75, 3.05) is 4.90 Å². The molecule has 1 aliphatic rings. The maximum Gasteiger partial charge on any atom is 0.123 e. The molecule has 1 aliphatic heterocycles. The minimum absolute atomic E-state index is 0.176. The molecule has 0 unspecified atom stereocenters. The zero-order valence-electron chi connectivity index (χ0n) is 9.87. The van der Waals surface area contributed by atoms with Crippen molar-refractivity contribution >= 4 is 21.6 Å². The lowest BCUT2D eigenvalue weighted by Crippen LogP contribution is -2.16. The zero-order chi connectivity index (χ0) is 12.5. The summed E-state index contributed by atoms with van der Waals surface area (Å²) in [6.45, 7) is 1.81. The molecule has 0 N–H and O–H groups in total. The smallest absolute Gasteiger partial charge is 0.123 e. The Morgan fingerprint density at radius 2 is 1.72 bits per heavy atom. The molecular weight excluding hydrogens is 293 g/mol. The monoisotopic (exact) mass is 305 g/mol. The number of hydrogen-bond donors (Lipinski definition) is 0. The fourth-order valence-electron chi connectivity index (χ4n) is 2.47. The second-order valence-corrected chi connectivity index (χ2v) is 5.09. The van der Waals surface area contributed by atoms with Crippen molar-refractivity contribution in [1.82, 2.24) is 0 Å². The molecule has 1 heterocycles. The molecule has 0 amide bonds. The van der Waals surface area contributed by atoms with E-state index < -0.39 is 0 Å². The van der Waals surface area contributed by atoms with E-state index in [2.05, 4.69) is 45.1 Å². The first-order valence-electron chi connectivity index (χ1n) is 5.94. The lowest BCUT2D eigenvalue weighted by atomic mass is 10.1. The van der Waals surface area contributed by atoms with Crippen LogP contribution in [0, 0.1) is 5.82 Å². The molecule has 0 radical (unpaired) electrons. The summed E-state index contributed by atoms with van der Waals surface area (Å²) >= 11 is 3.43. The minimum Gasteiger partial charge on any atom is -0.363 e. The van der Waals surface area contributed by atoms with Crippen molar-refractivity contribution in [3.8, 4) is 0 Å². The predicted octanol–water partition coefficient (Wildman–Crippen LogP) is 4.24. The lowest BCUT2D eigenvalue weighted by Gasteiger charge is -2.20. The molecule has 3 rings (SSSR count). The van der Waals surface area contributed by atoms with Crippen LogP contribution in [0.15, 0.2) is 42.5 Å². The van der Waals surface area contributed by atoms with Gasteiger partial charge in [-0.25, -0.2) is 4.39 Å². The van der Waals surface area contributed by atoms with E-state index in [1.807, 2.05) is 6.07 Å². The van der Waals surface area contributed by atoms with Crippen LogP contribution in [0.2, 0.25) is 0 Å². The minimum atomic E-state index is -0.176. The summed E-state index contributed by atoms with van der Waals surface area (Å²) in [7, 11) is 0. The van der Waals surface area contributed by atoms with Crippen LogP contribution in [-0.2, 0) is 18.4 Å². The van der Waals surface area contributed by atoms with Crippen molar-refractivity contribution in [3.05, 3.63) is 65.0 Å². The Morgan fingerprint density at radius 3 is 2.33 bits per heavy atom. The summed E-state index contributed by atoms with van der Waals surface area (Å²) in [5.74, 6) is -0.176. The van der Waals surface area contributed by atoms with Crippen LogP contribution in [0.3, 0.4) is 0 Å². The molecule has 0 saturated carbocycles. The SMILES string of the molecule is Fc1ccc(N2Cc3ccccc3C2)c(CBr)c1.